The molecule has 32 heavy (non-hydrogen) atoms. The predicted octanol–water partition coefficient (Wildman–Crippen LogP) is 1.92. The molecule has 178 valence electrons. The van der Waals surface area contributed by atoms with Crippen molar-refractivity contribution >= 4 is 23.4 Å². The molecule has 0 aromatic heterocycles. The van der Waals surface area contributed by atoms with E-state index in [0.717, 1.165) is 12.8 Å². The van der Waals surface area contributed by atoms with Gasteiger partial charge in [-0.3, -0.25) is 9.59 Å². The van der Waals surface area contributed by atoms with Gasteiger partial charge in [-0.05, 0) is 24.6 Å². The average molecular weight is 469 g/mol. The SMILES string of the molecule is CCCCC(=O)N(CCOC)[C@@H]1CC(C(=O)NCCO)=C[C@H](Oc2ccccc2Cl)[C@H]1O. The van der Waals surface area contributed by atoms with Crippen LogP contribution in [0.5, 0.6) is 5.75 Å². The Morgan fingerprint density at radius 2 is 2.06 bits per heavy atom. The van der Waals surface area contributed by atoms with E-state index in [4.69, 9.17) is 26.2 Å². The fourth-order valence-corrected chi connectivity index (χ4v) is 3.78. The Morgan fingerprint density at radius 3 is 2.72 bits per heavy atom. The van der Waals surface area contributed by atoms with Crippen molar-refractivity contribution in [3.05, 3.63) is 40.9 Å². The molecule has 1 aromatic rings. The lowest BCUT2D eigenvalue weighted by Crippen LogP contribution is -2.55. The van der Waals surface area contributed by atoms with Crippen molar-refractivity contribution in [3.63, 3.8) is 0 Å². The number of hydrogen-bond acceptors (Lipinski definition) is 6. The fourth-order valence-electron chi connectivity index (χ4n) is 3.60. The highest BCUT2D eigenvalue weighted by molar-refractivity contribution is 6.32. The number of hydrogen-bond donors (Lipinski definition) is 3. The van der Waals surface area contributed by atoms with Gasteiger partial charge in [0.25, 0.3) is 0 Å². The van der Waals surface area contributed by atoms with E-state index in [9.17, 15) is 14.7 Å². The monoisotopic (exact) mass is 468 g/mol. The molecule has 0 saturated heterocycles. The van der Waals surface area contributed by atoms with Crippen molar-refractivity contribution in [2.45, 2.75) is 50.9 Å². The number of nitrogens with zero attached hydrogens (tertiary/aromatic N) is 1. The molecule has 3 N–H and O–H groups in total. The minimum atomic E-state index is -1.08. The summed E-state index contributed by atoms with van der Waals surface area (Å²) >= 11 is 6.22. The molecule has 0 bridgehead atoms. The lowest BCUT2D eigenvalue weighted by Gasteiger charge is -2.40. The molecule has 2 amide bonds. The Labute approximate surface area is 194 Å². The average Bonchev–Trinajstić information content (AvgIpc) is 2.79. The van der Waals surface area contributed by atoms with Crippen molar-refractivity contribution in [2.24, 2.45) is 0 Å². The van der Waals surface area contributed by atoms with Gasteiger partial charge in [0.1, 0.15) is 18.0 Å². The van der Waals surface area contributed by atoms with E-state index in [1.54, 1.807) is 42.4 Å². The molecule has 3 atom stereocenters. The number of unbranched alkanes of at least 4 members (excludes halogenated alkanes) is 1. The third-order valence-electron chi connectivity index (χ3n) is 5.32. The van der Waals surface area contributed by atoms with Crippen LogP contribution in [0.15, 0.2) is 35.9 Å². The zero-order valence-electron chi connectivity index (χ0n) is 18.6. The second kappa shape index (κ2) is 13.4. The molecule has 8 nitrogen and oxygen atoms in total. The van der Waals surface area contributed by atoms with E-state index in [0.29, 0.717) is 29.4 Å². The Bertz CT molecular complexity index is 788. The number of halogens is 1. The number of methoxy groups -OCH3 is 1. The van der Waals surface area contributed by atoms with Crippen LogP contribution in [0.1, 0.15) is 32.6 Å². The van der Waals surface area contributed by atoms with E-state index in [1.807, 2.05) is 6.92 Å². The number of benzene rings is 1. The van der Waals surface area contributed by atoms with Gasteiger partial charge in [-0.2, -0.15) is 0 Å². The Balaban J connectivity index is 2.35. The topological polar surface area (TPSA) is 108 Å². The minimum Gasteiger partial charge on any atom is -0.482 e. The van der Waals surface area contributed by atoms with Crippen LogP contribution in [0.4, 0.5) is 0 Å². The first-order valence-corrected chi connectivity index (χ1v) is 11.3. The zero-order valence-corrected chi connectivity index (χ0v) is 19.4. The van der Waals surface area contributed by atoms with Crippen molar-refractivity contribution in [2.75, 3.05) is 33.4 Å². The number of aliphatic hydroxyl groups excluding tert-OH is 2. The molecule has 9 heteroatoms. The largest absolute Gasteiger partial charge is 0.482 e. The highest BCUT2D eigenvalue weighted by Gasteiger charge is 2.40. The van der Waals surface area contributed by atoms with Crippen LogP contribution in [0.3, 0.4) is 0 Å². The second-order valence-electron chi connectivity index (χ2n) is 7.63. The normalized spacial score (nSPS) is 20.4. The summed E-state index contributed by atoms with van der Waals surface area (Å²) < 4.78 is 11.1. The summed E-state index contributed by atoms with van der Waals surface area (Å²) in [4.78, 5) is 27.2. The smallest absolute Gasteiger partial charge is 0.247 e. The van der Waals surface area contributed by atoms with Gasteiger partial charge < -0.3 is 29.9 Å². The van der Waals surface area contributed by atoms with Gasteiger partial charge in [0.05, 0.1) is 24.3 Å². The summed E-state index contributed by atoms with van der Waals surface area (Å²) in [6.07, 6.45) is 1.67. The van der Waals surface area contributed by atoms with E-state index in [2.05, 4.69) is 5.32 Å². The van der Waals surface area contributed by atoms with E-state index in [-0.39, 0.29) is 37.9 Å². The molecule has 0 unspecified atom stereocenters. The molecule has 1 aromatic carbocycles. The van der Waals surface area contributed by atoms with Gasteiger partial charge in [0.15, 0.2) is 0 Å². The quantitative estimate of drug-likeness (QED) is 0.432. The van der Waals surface area contributed by atoms with Gasteiger partial charge in [0, 0.05) is 38.6 Å². The van der Waals surface area contributed by atoms with Crippen LogP contribution in [-0.2, 0) is 14.3 Å². The van der Waals surface area contributed by atoms with Crippen molar-refractivity contribution in [3.8, 4) is 5.75 Å². The molecule has 0 saturated carbocycles. The lowest BCUT2D eigenvalue weighted by atomic mass is 9.88. The summed E-state index contributed by atoms with van der Waals surface area (Å²) in [5.41, 5.74) is 0.372. The summed E-state index contributed by atoms with van der Waals surface area (Å²) in [6, 6.07) is 6.18. The number of rotatable bonds is 12. The highest BCUT2D eigenvalue weighted by atomic mass is 35.5. The molecular weight excluding hydrogens is 436 g/mol. The Kier molecular flexibility index (Phi) is 11.0. The number of carbonyl (C=O) groups excluding carboxylic acids is 2. The van der Waals surface area contributed by atoms with Crippen molar-refractivity contribution < 1.29 is 29.3 Å². The summed E-state index contributed by atoms with van der Waals surface area (Å²) in [6.45, 7) is 2.49. The van der Waals surface area contributed by atoms with Crippen molar-refractivity contribution in [1.29, 1.82) is 0 Å². The van der Waals surface area contributed by atoms with Gasteiger partial charge in [-0.1, -0.05) is 37.1 Å². The first-order chi connectivity index (χ1) is 15.4. The van der Waals surface area contributed by atoms with E-state index >= 15 is 0 Å². The van der Waals surface area contributed by atoms with E-state index in [1.165, 1.54) is 0 Å². The minimum absolute atomic E-state index is 0.0995. The second-order valence-corrected chi connectivity index (χ2v) is 8.04. The number of ether oxygens (including phenoxy) is 2. The number of carbonyl (C=O) groups is 2. The maximum Gasteiger partial charge on any atom is 0.247 e. The first kappa shape index (κ1) is 26.1. The lowest BCUT2D eigenvalue weighted by molar-refractivity contribution is -0.139. The Hall–Kier alpha value is -2.13. The maximum absolute atomic E-state index is 13.0. The zero-order chi connectivity index (χ0) is 23.5. The van der Waals surface area contributed by atoms with Crippen LogP contribution in [0.2, 0.25) is 5.02 Å². The molecule has 0 heterocycles. The molecule has 0 radical (unpaired) electrons. The fraction of sp³-hybridized carbons (Fsp3) is 0.565. The standard InChI is InChI=1S/C23H33ClN2O6/c1-3-4-9-21(28)26(11-13-31-2)18-14-16(23(30)25-10-12-27)15-20(22(18)29)32-19-8-6-5-7-17(19)24/h5-8,15,18,20,22,27,29H,3-4,9-14H2,1-2H3,(H,25,30)/t18-,20+,22+/m1/s1. The molecule has 2 rings (SSSR count). The molecule has 0 spiro atoms. The molecule has 1 aliphatic carbocycles. The first-order valence-electron chi connectivity index (χ1n) is 10.9. The van der Waals surface area contributed by atoms with Crippen LogP contribution in [0.25, 0.3) is 0 Å². The summed E-state index contributed by atoms with van der Waals surface area (Å²) in [5.74, 6) is -0.121. The predicted molar refractivity (Wildman–Crippen MR) is 122 cm³/mol. The van der Waals surface area contributed by atoms with Gasteiger partial charge in [-0.15, -0.1) is 0 Å². The molecule has 1 aliphatic rings. The van der Waals surface area contributed by atoms with Gasteiger partial charge >= 0.3 is 0 Å². The van der Waals surface area contributed by atoms with Gasteiger partial charge in [-0.25, -0.2) is 0 Å². The van der Waals surface area contributed by atoms with Crippen LogP contribution >= 0.6 is 11.6 Å². The number of nitrogens with one attached hydrogen (secondary N) is 1. The summed E-state index contributed by atoms with van der Waals surface area (Å²) in [7, 11) is 1.54. The van der Waals surface area contributed by atoms with Crippen LogP contribution in [-0.4, -0.2) is 78.6 Å². The number of amides is 2. The van der Waals surface area contributed by atoms with Gasteiger partial charge in [0.2, 0.25) is 11.8 Å². The van der Waals surface area contributed by atoms with E-state index < -0.39 is 18.2 Å². The third kappa shape index (κ3) is 7.20. The third-order valence-corrected chi connectivity index (χ3v) is 5.63. The van der Waals surface area contributed by atoms with Crippen molar-refractivity contribution in [1.82, 2.24) is 10.2 Å². The van der Waals surface area contributed by atoms with Crippen LogP contribution < -0.4 is 10.1 Å². The highest BCUT2D eigenvalue weighted by Crippen LogP contribution is 2.31. The molecule has 0 aliphatic heterocycles. The number of para-hydroxylation sites is 1. The number of aliphatic hydroxyl groups is 2. The Morgan fingerprint density at radius 1 is 1.31 bits per heavy atom. The van der Waals surface area contributed by atoms with Crippen LogP contribution in [0, 0.1) is 0 Å². The molecular formula is C23H33ClN2O6. The molecule has 0 fully saturated rings. The summed E-state index contributed by atoms with van der Waals surface area (Å²) in [5, 5.41) is 23.2. The maximum atomic E-state index is 13.0.